The van der Waals surface area contributed by atoms with Gasteiger partial charge in [0, 0.05) is 32.1 Å². The summed E-state index contributed by atoms with van der Waals surface area (Å²) in [6, 6.07) is 8.01. The molecule has 1 aromatic rings. The van der Waals surface area contributed by atoms with Gasteiger partial charge in [-0.05, 0) is 24.6 Å². The van der Waals surface area contributed by atoms with Crippen molar-refractivity contribution >= 4 is 30.7 Å². The van der Waals surface area contributed by atoms with Crippen LogP contribution in [0.1, 0.15) is 24.9 Å². The Kier molecular flexibility index (Phi) is 11.8. The first kappa shape index (κ1) is 23.9. The molecule has 2 atom stereocenters. The summed E-state index contributed by atoms with van der Waals surface area (Å²) < 4.78 is 10.7. The van der Waals surface area contributed by atoms with Crippen LogP contribution in [-0.4, -0.2) is 56.8 Å². The summed E-state index contributed by atoms with van der Waals surface area (Å²) in [6.45, 7) is 5.57. The molecule has 2 unspecified atom stereocenters. The Morgan fingerprint density at radius 3 is 2.40 bits per heavy atom. The number of hydrogen-bond donors (Lipinski definition) is 2. The van der Waals surface area contributed by atoms with Crippen molar-refractivity contribution in [3.63, 3.8) is 0 Å². The molecule has 1 aliphatic rings. The van der Waals surface area contributed by atoms with Crippen molar-refractivity contribution in [2.24, 2.45) is 5.73 Å². The molecule has 1 fully saturated rings. The van der Waals surface area contributed by atoms with Gasteiger partial charge in [-0.3, -0.25) is 9.69 Å². The molecule has 1 heterocycles. The van der Waals surface area contributed by atoms with E-state index in [9.17, 15) is 4.79 Å². The van der Waals surface area contributed by atoms with E-state index in [0.717, 1.165) is 37.6 Å². The summed E-state index contributed by atoms with van der Waals surface area (Å²) in [5.74, 6) is 0.822. The van der Waals surface area contributed by atoms with Gasteiger partial charge >= 0.3 is 0 Å². The zero-order chi connectivity index (χ0) is 16.7. The van der Waals surface area contributed by atoms with Crippen LogP contribution in [0.3, 0.4) is 0 Å². The van der Waals surface area contributed by atoms with Gasteiger partial charge < -0.3 is 20.5 Å². The van der Waals surface area contributed by atoms with Crippen LogP contribution in [-0.2, 0) is 9.53 Å². The predicted octanol–water partition coefficient (Wildman–Crippen LogP) is 1.77. The minimum atomic E-state index is -0.127. The van der Waals surface area contributed by atoms with Crippen molar-refractivity contribution in [2.75, 3.05) is 40.0 Å². The Balaban J connectivity index is 0.00000288. The maximum atomic E-state index is 11.9. The van der Waals surface area contributed by atoms with E-state index in [1.165, 1.54) is 0 Å². The fourth-order valence-corrected chi connectivity index (χ4v) is 2.75. The number of ether oxygens (including phenoxy) is 2. The SMILES string of the molecule is COc1ccc(C(CNC(=O)CC(C)N)N2CCOCC2)cc1.Cl.Cl. The fourth-order valence-electron chi connectivity index (χ4n) is 2.75. The minimum Gasteiger partial charge on any atom is -0.497 e. The fraction of sp³-hybridized carbons (Fsp3) is 0.588. The summed E-state index contributed by atoms with van der Waals surface area (Å²) in [4.78, 5) is 14.3. The summed E-state index contributed by atoms with van der Waals surface area (Å²) in [5, 5.41) is 3.01. The second kappa shape index (κ2) is 12.3. The number of morpholine rings is 1. The Morgan fingerprint density at radius 1 is 1.28 bits per heavy atom. The first-order chi connectivity index (χ1) is 11.1. The number of methoxy groups -OCH3 is 1. The summed E-state index contributed by atoms with van der Waals surface area (Å²) in [7, 11) is 1.66. The van der Waals surface area contributed by atoms with Gasteiger partial charge in [-0.1, -0.05) is 12.1 Å². The van der Waals surface area contributed by atoms with Crippen molar-refractivity contribution in [3.8, 4) is 5.75 Å². The number of nitrogens with two attached hydrogens (primary N) is 1. The van der Waals surface area contributed by atoms with Gasteiger partial charge in [0.1, 0.15) is 5.75 Å². The average molecular weight is 394 g/mol. The number of hydrogen-bond acceptors (Lipinski definition) is 5. The molecule has 3 N–H and O–H groups in total. The number of halogens is 2. The largest absolute Gasteiger partial charge is 0.497 e. The molecule has 0 spiro atoms. The normalized spacial score (nSPS) is 16.8. The molecule has 25 heavy (non-hydrogen) atoms. The van der Waals surface area contributed by atoms with Crippen molar-refractivity contribution in [2.45, 2.75) is 25.4 Å². The molecule has 2 rings (SSSR count). The third-order valence-corrected chi connectivity index (χ3v) is 3.99. The second-order valence-corrected chi connectivity index (χ2v) is 5.92. The van der Waals surface area contributed by atoms with E-state index >= 15 is 0 Å². The van der Waals surface area contributed by atoms with Crippen molar-refractivity contribution in [1.82, 2.24) is 10.2 Å². The highest BCUT2D eigenvalue weighted by Crippen LogP contribution is 2.23. The van der Waals surface area contributed by atoms with E-state index in [1.807, 2.05) is 19.1 Å². The van der Waals surface area contributed by atoms with Crippen LogP contribution >= 0.6 is 24.8 Å². The zero-order valence-electron chi connectivity index (χ0n) is 14.8. The lowest BCUT2D eigenvalue weighted by Crippen LogP contribution is -2.44. The molecule has 0 radical (unpaired) electrons. The molecular weight excluding hydrogens is 365 g/mol. The van der Waals surface area contributed by atoms with Crippen molar-refractivity contribution < 1.29 is 14.3 Å². The smallest absolute Gasteiger partial charge is 0.221 e. The number of nitrogens with zero attached hydrogens (tertiary/aromatic N) is 1. The minimum absolute atomic E-state index is 0. The third kappa shape index (κ3) is 7.79. The van der Waals surface area contributed by atoms with E-state index < -0.39 is 0 Å². The molecule has 1 aromatic carbocycles. The van der Waals surface area contributed by atoms with E-state index in [1.54, 1.807) is 7.11 Å². The van der Waals surface area contributed by atoms with Gasteiger partial charge in [-0.25, -0.2) is 0 Å². The van der Waals surface area contributed by atoms with Crippen LogP contribution in [0.2, 0.25) is 0 Å². The number of carbonyl (C=O) groups is 1. The summed E-state index contributed by atoms with van der Waals surface area (Å²) in [5.41, 5.74) is 6.84. The highest BCUT2D eigenvalue weighted by Gasteiger charge is 2.23. The van der Waals surface area contributed by atoms with Crippen LogP contribution < -0.4 is 15.8 Å². The maximum Gasteiger partial charge on any atom is 0.221 e. The quantitative estimate of drug-likeness (QED) is 0.737. The molecule has 1 saturated heterocycles. The second-order valence-electron chi connectivity index (χ2n) is 5.92. The molecule has 0 bridgehead atoms. The highest BCUT2D eigenvalue weighted by molar-refractivity contribution is 5.85. The molecular formula is C17H29Cl2N3O3. The monoisotopic (exact) mass is 393 g/mol. The number of carbonyl (C=O) groups excluding carboxylic acids is 1. The number of benzene rings is 1. The predicted molar refractivity (Wildman–Crippen MR) is 104 cm³/mol. The lowest BCUT2D eigenvalue weighted by Gasteiger charge is -2.35. The van der Waals surface area contributed by atoms with Crippen LogP contribution in [0.5, 0.6) is 5.75 Å². The molecule has 8 heteroatoms. The van der Waals surface area contributed by atoms with Crippen LogP contribution in [0.25, 0.3) is 0 Å². The molecule has 1 amide bonds. The topological polar surface area (TPSA) is 76.8 Å². The lowest BCUT2D eigenvalue weighted by atomic mass is 10.0. The summed E-state index contributed by atoms with van der Waals surface area (Å²) >= 11 is 0. The zero-order valence-corrected chi connectivity index (χ0v) is 16.4. The Hall–Kier alpha value is -1.05. The van der Waals surface area contributed by atoms with Gasteiger partial charge in [0.25, 0.3) is 0 Å². The summed E-state index contributed by atoms with van der Waals surface area (Å²) in [6.07, 6.45) is 0.346. The average Bonchev–Trinajstić information content (AvgIpc) is 2.56. The van der Waals surface area contributed by atoms with Crippen molar-refractivity contribution in [3.05, 3.63) is 29.8 Å². The molecule has 0 saturated carbocycles. The van der Waals surface area contributed by atoms with Crippen LogP contribution in [0.4, 0.5) is 0 Å². The van der Waals surface area contributed by atoms with E-state index in [-0.39, 0.29) is 42.8 Å². The van der Waals surface area contributed by atoms with E-state index in [0.29, 0.717) is 13.0 Å². The Bertz CT molecular complexity index is 494. The van der Waals surface area contributed by atoms with Gasteiger partial charge in [-0.15, -0.1) is 24.8 Å². The van der Waals surface area contributed by atoms with Gasteiger partial charge in [0.2, 0.25) is 5.91 Å². The van der Waals surface area contributed by atoms with Gasteiger partial charge in [0.05, 0.1) is 26.4 Å². The van der Waals surface area contributed by atoms with E-state index in [2.05, 4.69) is 22.3 Å². The third-order valence-electron chi connectivity index (χ3n) is 3.99. The maximum absolute atomic E-state index is 11.9. The lowest BCUT2D eigenvalue weighted by molar-refractivity contribution is -0.121. The molecule has 6 nitrogen and oxygen atoms in total. The molecule has 0 aromatic heterocycles. The Morgan fingerprint density at radius 2 is 1.88 bits per heavy atom. The highest BCUT2D eigenvalue weighted by atomic mass is 35.5. The first-order valence-corrected chi connectivity index (χ1v) is 8.08. The van der Waals surface area contributed by atoms with E-state index in [4.69, 9.17) is 15.2 Å². The molecule has 144 valence electrons. The number of amides is 1. The molecule has 0 aliphatic carbocycles. The van der Waals surface area contributed by atoms with Gasteiger partial charge in [0.15, 0.2) is 0 Å². The number of rotatable bonds is 7. The van der Waals surface area contributed by atoms with Gasteiger partial charge in [-0.2, -0.15) is 0 Å². The van der Waals surface area contributed by atoms with Crippen LogP contribution in [0.15, 0.2) is 24.3 Å². The standard InChI is InChI=1S/C17H27N3O3.2ClH/c1-13(18)11-17(21)19-12-16(20-7-9-23-10-8-20)14-3-5-15(22-2)6-4-14;;/h3-6,13,16H,7-12,18H2,1-2H3,(H,19,21);2*1H. The van der Waals surface area contributed by atoms with Crippen molar-refractivity contribution in [1.29, 1.82) is 0 Å². The first-order valence-electron chi connectivity index (χ1n) is 8.08. The Labute approximate surface area is 162 Å². The number of nitrogens with one attached hydrogen (secondary N) is 1. The van der Waals surface area contributed by atoms with Crippen LogP contribution in [0, 0.1) is 0 Å². The molecule has 1 aliphatic heterocycles.